The molecule has 3 nitrogen and oxygen atoms in total. The van der Waals surface area contributed by atoms with Crippen molar-refractivity contribution in [3.05, 3.63) is 179 Å². The number of hydrogen-bond donors (Lipinski definition) is 3. The van der Waals surface area contributed by atoms with E-state index in [-0.39, 0.29) is 12.4 Å². The van der Waals surface area contributed by atoms with Crippen LogP contribution in [-0.2, 0) is 0 Å². The van der Waals surface area contributed by atoms with Gasteiger partial charge in [-0.2, -0.15) is 0 Å². The highest BCUT2D eigenvalue weighted by atomic mass is 35.5. The van der Waals surface area contributed by atoms with E-state index in [1.54, 1.807) is 0 Å². The minimum Gasteiger partial charge on any atom is -1.00 e. The maximum Gasteiger partial charge on any atom is 0.206 e. The Morgan fingerprint density at radius 3 is 1.24 bits per heavy atom. The van der Waals surface area contributed by atoms with Gasteiger partial charge in [0.15, 0.2) is 0 Å². The molecule has 0 saturated heterocycles. The van der Waals surface area contributed by atoms with Gasteiger partial charge in [0.2, 0.25) is 11.4 Å². The summed E-state index contributed by atoms with van der Waals surface area (Å²) in [7, 11) is 0. The lowest BCUT2D eigenvalue weighted by molar-refractivity contribution is -0.352. The molecule has 0 atom stereocenters. The molecule has 224 valence electrons. The highest BCUT2D eigenvalue weighted by molar-refractivity contribution is 6.07. The third-order valence-corrected chi connectivity index (χ3v) is 7.87. The van der Waals surface area contributed by atoms with E-state index in [0.717, 1.165) is 45.3 Å². The second kappa shape index (κ2) is 14.1. The summed E-state index contributed by atoms with van der Waals surface area (Å²) in [4.78, 5) is 3.59. The van der Waals surface area contributed by atoms with E-state index in [0.29, 0.717) is 0 Å². The van der Waals surface area contributed by atoms with E-state index in [4.69, 9.17) is 0 Å². The number of benzene rings is 5. The molecular weight excluding hydrogens is 570 g/mol. The Morgan fingerprint density at radius 2 is 0.844 bits per heavy atom. The largest absolute Gasteiger partial charge is 1.00 e. The standard InChI is InChI=1S/C41H37N3.ClH/c1-28-5-16-35(17-6-28)42-37-22-11-32(12-23-37)41(33-13-24-38(25-14-33)43-36-18-7-29(2)8-19-36)34-15-26-40(31(4)27-34)44-39-20-9-30(3)10-21-39;/h5-27,42-43H,1-4H3;1H. The fourth-order valence-corrected chi connectivity index (χ4v) is 5.30. The summed E-state index contributed by atoms with van der Waals surface area (Å²) in [5, 5.41) is 7.06. The van der Waals surface area contributed by atoms with E-state index >= 15 is 0 Å². The summed E-state index contributed by atoms with van der Waals surface area (Å²) in [5.74, 6) is 0. The maximum absolute atomic E-state index is 3.59. The van der Waals surface area contributed by atoms with Crippen molar-refractivity contribution in [2.24, 2.45) is 0 Å². The first-order valence-electron chi connectivity index (χ1n) is 15.1. The normalized spacial score (nSPS) is 13.2. The SMILES string of the molecule is CC1=CC(=C(c2ccc(Nc3ccc(C)cc3)cc2)c2ccc(Nc3ccc(C)cc3)cc2)C=CC1=[NH+]c1ccc(C)cc1.[Cl-]. The van der Waals surface area contributed by atoms with Crippen LogP contribution >= 0.6 is 0 Å². The molecule has 0 unspecified atom stereocenters. The molecule has 0 aliphatic heterocycles. The number of rotatable bonds is 7. The molecule has 0 amide bonds. The summed E-state index contributed by atoms with van der Waals surface area (Å²) < 4.78 is 0. The minimum atomic E-state index is 0. The first-order valence-corrected chi connectivity index (χ1v) is 15.1. The molecule has 0 aromatic heterocycles. The zero-order chi connectivity index (χ0) is 30.5. The summed E-state index contributed by atoms with van der Waals surface area (Å²) in [6.07, 6.45) is 6.68. The average molecular weight is 608 g/mol. The van der Waals surface area contributed by atoms with Gasteiger partial charge in [-0.05, 0) is 111 Å². The molecule has 1 aliphatic rings. The summed E-state index contributed by atoms with van der Waals surface area (Å²) in [6, 6.07) is 42.9. The number of nitrogens with one attached hydrogen (secondary N) is 3. The lowest BCUT2D eigenvalue weighted by atomic mass is 9.89. The van der Waals surface area contributed by atoms with Gasteiger partial charge < -0.3 is 23.0 Å². The van der Waals surface area contributed by atoms with Gasteiger partial charge in [0.25, 0.3) is 0 Å². The fraction of sp³-hybridized carbons (Fsp3) is 0.0976. The zero-order valence-electron chi connectivity index (χ0n) is 26.2. The van der Waals surface area contributed by atoms with E-state index in [1.165, 1.54) is 33.4 Å². The van der Waals surface area contributed by atoms with E-state index in [1.807, 2.05) is 0 Å². The van der Waals surface area contributed by atoms with Gasteiger partial charge in [0.05, 0.1) is 0 Å². The van der Waals surface area contributed by atoms with Gasteiger partial charge in [0.1, 0.15) is 0 Å². The Hall–Kier alpha value is -5.12. The van der Waals surface area contributed by atoms with Crippen LogP contribution in [0.4, 0.5) is 28.4 Å². The zero-order valence-corrected chi connectivity index (χ0v) is 26.9. The number of halogens is 1. The number of anilines is 4. The summed E-state index contributed by atoms with van der Waals surface area (Å²) in [5.41, 5.74) is 16.1. The third-order valence-electron chi connectivity index (χ3n) is 7.87. The predicted molar refractivity (Wildman–Crippen MR) is 188 cm³/mol. The Balaban J connectivity index is 0.00000400. The van der Waals surface area contributed by atoms with Crippen molar-refractivity contribution in [3.63, 3.8) is 0 Å². The van der Waals surface area contributed by atoms with Crippen LogP contribution in [0, 0.1) is 20.8 Å². The highest BCUT2D eigenvalue weighted by Gasteiger charge is 2.17. The third kappa shape index (κ3) is 7.89. The Morgan fingerprint density at radius 1 is 0.467 bits per heavy atom. The van der Waals surface area contributed by atoms with Crippen LogP contribution in [0.15, 0.2) is 151 Å². The van der Waals surface area contributed by atoms with Gasteiger partial charge in [-0.15, -0.1) is 0 Å². The molecular formula is C41H38ClN3. The van der Waals surface area contributed by atoms with Crippen LogP contribution < -0.4 is 28.0 Å². The molecule has 3 N–H and O–H groups in total. The van der Waals surface area contributed by atoms with Crippen LogP contribution in [0.3, 0.4) is 0 Å². The minimum absolute atomic E-state index is 0. The molecule has 45 heavy (non-hydrogen) atoms. The van der Waals surface area contributed by atoms with Gasteiger partial charge in [-0.25, -0.2) is 4.99 Å². The van der Waals surface area contributed by atoms with Gasteiger partial charge >= 0.3 is 0 Å². The smallest absolute Gasteiger partial charge is 0.206 e. The quantitative estimate of drug-likeness (QED) is 0.204. The average Bonchev–Trinajstić information content (AvgIpc) is 3.03. The molecule has 0 radical (unpaired) electrons. The first kappa shape index (κ1) is 31.3. The second-order valence-electron chi connectivity index (χ2n) is 11.5. The lowest BCUT2D eigenvalue weighted by Gasteiger charge is -2.16. The van der Waals surface area contributed by atoms with E-state index in [2.05, 4.69) is 183 Å². The Kier molecular flexibility index (Phi) is 9.82. The van der Waals surface area contributed by atoms with E-state index < -0.39 is 0 Å². The molecule has 6 rings (SSSR count). The molecule has 4 heteroatoms. The number of allylic oxidation sites excluding steroid dienone is 5. The van der Waals surface area contributed by atoms with Crippen LogP contribution in [0.5, 0.6) is 0 Å². The maximum atomic E-state index is 3.59. The van der Waals surface area contributed by atoms with E-state index in [9.17, 15) is 0 Å². The predicted octanol–water partition coefficient (Wildman–Crippen LogP) is 6.27. The molecule has 0 saturated carbocycles. The van der Waals surface area contributed by atoms with Crippen molar-refractivity contribution in [2.45, 2.75) is 27.7 Å². The van der Waals surface area contributed by atoms with Crippen LogP contribution in [0.2, 0.25) is 0 Å². The van der Waals surface area contributed by atoms with Gasteiger partial charge in [-0.1, -0.05) is 77.4 Å². The number of aryl methyl sites for hydroxylation is 3. The second-order valence-corrected chi connectivity index (χ2v) is 11.5. The lowest BCUT2D eigenvalue weighted by Crippen LogP contribution is -3.00. The summed E-state index contributed by atoms with van der Waals surface area (Å²) in [6.45, 7) is 8.49. The molecule has 0 spiro atoms. The van der Waals surface area contributed by atoms with Crippen molar-refractivity contribution in [1.29, 1.82) is 0 Å². The molecule has 0 fully saturated rings. The Labute approximate surface area is 273 Å². The Bertz CT molecular complexity index is 1780. The summed E-state index contributed by atoms with van der Waals surface area (Å²) >= 11 is 0. The van der Waals surface area contributed by atoms with Crippen molar-refractivity contribution < 1.29 is 17.4 Å². The monoisotopic (exact) mass is 607 g/mol. The molecule has 0 heterocycles. The molecule has 1 aliphatic carbocycles. The first-order chi connectivity index (χ1) is 21.4. The van der Waals surface area contributed by atoms with Crippen LogP contribution in [0.25, 0.3) is 5.57 Å². The highest BCUT2D eigenvalue weighted by Crippen LogP contribution is 2.33. The fourth-order valence-electron chi connectivity index (χ4n) is 5.30. The van der Waals surface area contributed by atoms with Crippen molar-refractivity contribution in [2.75, 3.05) is 10.6 Å². The van der Waals surface area contributed by atoms with Crippen molar-refractivity contribution in [1.82, 2.24) is 0 Å². The topological polar surface area (TPSA) is 38.0 Å². The van der Waals surface area contributed by atoms with Crippen molar-refractivity contribution in [3.8, 4) is 0 Å². The number of hydrogen-bond acceptors (Lipinski definition) is 2. The van der Waals surface area contributed by atoms with Crippen molar-refractivity contribution >= 4 is 39.7 Å². The molecule has 5 aromatic carbocycles. The molecule has 0 bridgehead atoms. The van der Waals surface area contributed by atoms with Gasteiger partial charge in [-0.3, -0.25) is 0 Å². The molecule has 5 aromatic rings. The van der Waals surface area contributed by atoms with Gasteiger partial charge in [0, 0.05) is 46.5 Å². The van der Waals surface area contributed by atoms with Crippen LogP contribution in [0.1, 0.15) is 34.7 Å². The van der Waals surface area contributed by atoms with Crippen LogP contribution in [-0.4, -0.2) is 5.71 Å².